The Bertz CT molecular complexity index is 832. The van der Waals surface area contributed by atoms with Gasteiger partial charge in [-0.2, -0.15) is 0 Å². The van der Waals surface area contributed by atoms with Crippen LogP contribution in [0.5, 0.6) is 5.75 Å². The third kappa shape index (κ3) is 2.54. The van der Waals surface area contributed by atoms with Gasteiger partial charge in [0.2, 0.25) is 0 Å². The van der Waals surface area contributed by atoms with Crippen LogP contribution in [0.25, 0.3) is 10.8 Å². The number of rotatable bonds is 4. The van der Waals surface area contributed by atoms with Crippen LogP contribution in [0.4, 0.5) is 17.1 Å². The van der Waals surface area contributed by atoms with E-state index in [1.54, 1.807) is 62.0 Å². The highest BCUT2D eigenvalue weighted by atomic mass is 16.6. The molecule has 22 heavy (non-hydrogen) atoms. The van der Waals surface area contributed by atoms with Gasteiger partial charge < -0.3 is 10.1 Å². The first-order chi connectivity index (χ1) is 10.7. The minimum absolute atomic E-state index is 0.0377. The highest BCUT2D eigenvalue weighted by Crippen LogP contribution is 2.34. The number of methoxy groups -OCH3 is 1. The van der Waals surface area contributed by atoms with E-state index in [0.29, 0.717) is 11.1 Å². The first-order valence-electron chi connectivity index (χ1n) is 6.61. The van der Waals surface area contributed by atoms with E-state index in [-0.39, 0.29) is 10.6 Å². The number of nitro benzene ring substituents is 1. The van der Waals surface area contributed by atoms with E-state index in [4.69, 9.17) is 4.74 Å². The van der Waals surface area contributed by atoms with E-state index in [2.05, 4.69) is 10.3 Å². The van der Waals surface area contributed by atoms with Crippen molar-refractivity contribution in [2.24, 2.45) is 0 Å². The Labute approximate surface area is 126 Å². The Hall–Kier alpha value is -3.15. The molecule has 0 bridgehead atoms. The summed E-state index contributed by atoms with van der Waals surface area (Å²) in [4.78, 5) is 15.1. The standard InChI is InChI=1S/C16H13N3O3/c1-22-13-5-3-12(4-6-13)18-15-7-2-11-10-17-9-8-14(11)16(15)19(20)21/h2-10,18H,1H3. The summed E-state index contributed by atoms with van der Waals surface area (Å²) in [7, 11) is 1.59. The molecule has 0 amide bonds. The topological polar surface area (TPSA) is 77.3 Å². The van der Waals surface area contributed by atoms with Gasteiger partial charge in [0.25, 0.3) is 0 Å². The fourth-order valence-electron chi connectivity index (χ4n) is 2.28. The van der Waals surface area contributed by atoms with Gasteiger partial charge in [0.15, 0.2) is 0 Å². The Morgan fingerprint density at radius 3 is 2.59 bits per heavy atom. The lowest BCUT2D eigenvalue weighted by molar-refractivity contribution is -0.382. The molecule has 110 valence electrons. The zero-order valence-electron chi connectivity index (χ0n) is 11.8. The highest BCUT2D eigenvalue weighted by Gasteiger charge is 2.18. The molecule has 1 aromatic heterocycles. The maximum atomic E-state index is 11.5. The van der Waals surface area contributed by atoms with Crippen molar-refractivity contribution in [3.8, 4) is 5.75 Å². The third-order valence-corrected chi connectivity index (χ3v) is 3.34. The molecule has 1 N–H and O–H groups in total. The SMILES string of the molecule is COc1ccc(Nc2ccc3cnccc3c2[N+](=O)[O-])cc1. The quantitative estimate of drug-likeness (QED) is 0.583. The van der Waals surface area contributed by atoms with Gasteiger partial charge >= 0.3 is 5.69 Å². The van der Waals surface area contributed by atoms with Crippen LogP contribution in [-0.2, 0) is 0 Å². The van der Waals surface area contributed by atoms with Crippen molar-refractivity contribution >= 4 is 27.8 Å². The Morgan fingerprint density at radius 1 is 1.14 bits per heavy atom. The van der Waals surface area contributed by atoms with Gasteiger partial charge in [0.1, 0.15) is 11.4 Å². The predicted octanol–water partition coefficient (Wildman–Crippen LogP) is 3.90. The van der Waals surface area contributed by atoms with Crippen LogP contribution in [0.3, 0.4) is 0 Å². The summed E-state index contributed by atoms with van der Waals surface area (Å²) in [6.07, 6.45) is 3.16. The number of nitro groups is 1. The maximum Gasteiger partial charge on any atom is 0.300 e. The second kappa shape index (κ2) is 5.69. The molecule has 0 unspecified atom stereocenters. The molecular formula is C16H13N3O3. The third-order valence-electron chi connectivity index (χ3n) is 3.34. The zero-order chi connectivity index (χ0) is 15.5. The Morgan fingerprint density at radius 2 is 1.91 bits per heavy atom. The summed E-state index contributed by atoms with van der Waals surface area (Å²) < 4.78 is 5.10. The number of aromatic nitrogens is 1. The van der Waals surface area contributed by atoms with Crippen molar-refractivity contribution in [2.45, 2.75) is 0 Å². The summed E-state index contributed by atoms with van der Waals surface area (Å²) in [6.45, 7) is 0. The van der Waals surface area contributed by atoms with Gasteiger partial charge in [-0.3, -0.25) is 15.1 Å². The van der Waals surface area contributed by atoms with Crippen molar-refractivity contribution in [3.63, 3.8) is 0 Å². The van der Waals surface area contributed by atoms with E-state index in [1.807, 2.05) is 0 Å². The van der Waals surface area contributed by atoms with E-state index in [9.17, 15) is 10.1 Å². The molecule has 2 aromatic carbocycles. The van der Waals surface area contributed by atoms with E-state index >= 15 is 0 Å². The average molecular weight is 295 g/mol. The summed E-state index contributed by atoms with van der Waals surface area (Å²) in [5.74, 6) is 0.727. The van der Waals surface area contributed by atoms with Crippen molar-refractivity contribution in [3.05, 3.63) is 65.0 Å². The van der Waals surface area contributed by atoms with Crippen LogP contribution in [0, 0.1) is 10.1 Å². The Balaban J connectivity index is 2.05. The van der Waals surface area contributed by atoms with Gasteiger partial charge in [-0.25, -0.2) is 0 Å². The molecule has 0 saturated carbocycles. The second-order valence-electron chi connectivity index (χ2n) is 4.67. The number of nitrogens with zero attached hydrogens (tertiary/aromatic N) is 2. The smallest absolute Gasteiger partial charge is 0.300 e. The molecule has 0 atom stereocenters. The van der Waals surface area contributed by atoms with Crippen LogP contribution >= 0.6 is 0 Å². The van der Waals surface area contributed by atoms with Crippen LogP contribution in [0.15, 0.2) is 54.9 Å². The number of nitrogens with one attached hydrogen (secondary N) is 1. The Kier molecular flexibility index (Phi) is 3.57. The molecular weight excluding hydrogens is 282 g/mol. The van der Waals surface area contributed by atoms with Crippen LogP contribution in [0.2, 0.25) is 0 Å². The molecule has 0 saturated heterocycles. The minimum atomic E-state index is -0.381. The number of hydrogen-bond acceptors (Lipinski definition) is 5. The fraction of sp³-hybridized carbons (Fsp3) is 0.0625. The average Bonchev–Trinajstić information content (AvgIpc) is 2.55. The maximum absolute atomic E-state index is 11.5. The number of pyridine rings is 1. The van der Waals surface area contributed by atoms with Gasteiger partial charge in [0, 0.05) is 23.5 Å². The first-order valence-corrected chi connectivity index (χ1v) is 6.61. The van der Waals surface area contributed by atoms with Crippen molar-refractivity contribution in [1.82, 2.24) is 4.98 Å². The van der Waals surface area contributed by atoms with Crippen molar-refractivity contribution < 1.29 is 9.66 Å². The van der Waals surface area contributed by atoms with Crippen LogP contribution < -0.4 is 10.1 Å². The lowest BCUT2D eigenvalue weighted by Gasteiger charge is -2.09. The summed E-state index contributed by atoms with van der Waals surface area (Å²) >= 11 is 0. The second-order valence-corrected chi connectivity index (χ2v) is 4.67. The van der Waals surface area contributed by atoms with Crippen molar-refractivity contribution in [2.75, 3.05) is 12.4 Å². The summed E-state index contributed by atoms with van der Waals surface area (Å²) in [5, 5.41) is 15.8. The normalized spacial score (nSPS) is 10.4. The van der Waals surface area contributed by atoms with E-state index in [1.165, 1.54) is 0 Å². The molecule has 0 aliphatic heterocycles. The lowest BCUT2D eigenvalue weighted by atomic mass is 10.1. The molecule has 0 radical (unpaired) electrons. The first kappa shape index (κ1) is 13.8. The number of ether oxygens (including phenoxy) is 1. The van der Waals surface area contributed by atoms with Crippen LogP contribution in [0.1, 0.15) is 0 Å². The summed E-state index contributed by atoms with van der Waals surface area (Å²) in [5.41, 5.74) is 1.22. The molecule has 3 aromatic rings. The number of benzene rings is 2. The van der Waals surface area contributed by atoms with Crippen molar-refractivity contribution in [1.29, 1.82) is 0 Å². The number of fused-ring (bicyclic) bond motifs is 1. The predicted molar refractivity (Wildman–Crippen MR) is 84.7 cm³/mol. The minimum Gasteiger partial charge on any atom is -0.497 e. The molecule has 3 rings (SSSR count). The molecule has 6 nitrogen and oxygen atoms in total. The monoisotopic (exact) mass is 295 g/mol. The number of anilines is 2. The molecule has 0 aliphatic rings. The van der Waals surface area contributed by atoms with Gasteiger partial charge in [-0.1, -0.05) is 6.07 Å². The number of hydrogen-bond donors (Lipinski definition) is 1. The molecule has 0 spiro atoms. The highest BCUT2D eigenvalue weighted by molar-refractivity contribution is 5.96. The largest absolute Gasteiger partial charge is 0.497 e. The van der Waals surface area contributed by atoms with Gasteiger partial charge in [-0.05, 0) is 36.4 Å². The molecule has 6 heteroatoms. The zero-order valence-corrected chi connectivity index (χ0v) is 11.8. The molecule has 1 heterocycles. The van der Waals surface area contributed by atoms with E-state index in [0.717, 1.165) is 16.8 Å². The van der Waals surface area contributed by atoms with Gasteiger partial charge in [0.05, 0.1) is 17.4 Å². The van der Waals surface area contributed by atoms with Crippen LogP contribution in [-0.4, -0.2) is 17.0 Å². The summed E-state index contributed by atoms with van der Waals surface area (Å²) in [6, 6.07) is 12.3. The lowest BCUT2D eigenvalue weighted by Crippen LogP contribution is -1.98. The van der Waals surface area contributed by atoms with Gasteiger partial charge in [-0.15, -0.1) is 0 Å². The molecule has 0 aliphatic carbocycles. The van der Waals surface area contributed by atoms with E-state index < -0.39 is 0 Å². The fourth-order valence-corrected chi connectivity index (χ4v) is 2.28. The molecule has 0 fully saturated rings.